The van der Waals surface area contributed by atoms with Crippen LogP contribution in [-0.2, 0) is 36.4 Å². The number of aromatic nitrogens is 3. The van der Waals surface area contributed by atoms with Gasteiger partial charge in [0.05, 0.1) is 22.2 Å². The summed E-state index contributed by atoms with van der Waals surface area (Å²) >= 11 is 0. The van der Waals surface area contributed by atoms with Crippen LogP contribution in [0.3, 0.4) is 0 Å². The van der Waals surface area contributed by atoms with Gasteiger partial charge < -0.3 is 19.0 Å². The largest absolute Gasteiger partial charge is 0.498 e. The van der Waals surface area contributed by atoms with E-state index < -0.39 is 0 Å². The molecule has 1 radical (unpaired) electrons. The van der Waals surface area contributed by atoms with Crippen molar-refractivity contribution in [2.45, 2.75) is 78.6 Å². The molecule has 4 aromatic heterocycles. The Morgan fingerprint density at radius 1 is 0.627 bits per heavy atom. The van der Waals surface area contributed by atoms with Crippen molar-refractivity contribution in [3.8, 4) is 34.3 Å². The maximum atomic E-state index is 10.4. The molecule has 4 heterocycles. The van der Waals surface area contributed by atoms with Gasteiger partial charge in [-0.05, 0) is 63.0 Å². The number of benzene rings is 5. The molecule has 0 aliphatic rings. The molecular formula is C53H48IrN4O-2. The Morgan fingerprint density at radius 3 is 1.86 bits per heavy atom. The van der Waals surface area contributed by atoms with Gasteiger partial charge in [0.25, 0.3) is 0 Å². The monoisotopic (exact) mass is 949 g/mol. The third-order valence-electron chi connectivity index (χ3n) is 10.9. The summed E-state index contributed by atoms with van der Waals surface area (Å²) in [5.41, 5.74) is 12.1. The van der Waals surface area contributed by atoms with Crippen LogP contribution < -0.4 is 0 Å². The van der Waals surface area contributed by atoms with Gasteiger partial charge in [0, 0.05) is 48.7 Å². The molecule has 9 rings (SSSR count). The molecule has 0 aliphatic carbocycles. The van der Waals surface area contributed by atoms with Gasteiger partial charge in [-0.2, -0.15) is 5.26 Å². The number of rotatable bonds is 3. The summed E-state index contributed by atoms with van der Waals surface area (Å²) in [6.45, 7) is 19.8. The van der Waals surface area contributed by atoms with Crippen LogP contribution in [0.4, 0.5) is 0 Å². The molecule has 9 aromatic rings. The Kier molecular flexibility index (Phi) is 11.0. The smallest absolute Gasteiger partial charge is 0.146 e. The predicted molar refractivity (Wildman–Crippen MR) is 239 cm³/mol. The van der Waals surface area contributed by atoms with Crippen LogP contribution in [0.25, 0.3) is 71.9 Å². The van der Waals surface area contributed by atoms with Gasteiger partial charge in [-0.15, -0.1) is 53.6 Å². The molecule has 0 fully saturated rings. The topological polar surface area (TPSA) is 67.6 Å². The maximum Gasteiger partial charge on any atom is 0.146 e. The zero-order valence-electron chi connectivity index (χ0n) is 35.2. The Morgan fingerprint density at radius 2 is 1.29 bits per heavy atom. The van der Waals surface area contributed by atoms with Crippen LogP contribution in [0.5, 0.6) is 0 Å². The zero-order chi connectivity index (χ0) is 41.0. The zero-order valence-corrected chi connectivity index (χ0v) is 37.5. The Bertz CT molecular complexity index is 2950. The first kappa shape index (κ1) is 41.3. The van der Waals surface area contributed by atoms with E-state index in [0.717, 1.165) is 71.9 Å². The second-order valence-electron chi connectivity index (χ2n) is 18.1. The van der Waals surface area contributed by atoms with Crippen molar-refractivity contribution in [2.24, 2.45) is 0 Å². The average molecular weight is 949 g/mol. The Hall–Kier alpha value is -5.86. The third-order valence-corrected chi connectivity index (χ3v) is 10.9. The van der Waals surface area contributed by atoms with E-state index in [2.05, 4.69) is 157 Å². The summed E-state index contributed by atoms with van der Waals surface area (Å²) in [5, 5.41) is 14.7. The van der Waals surface area contributed by atoms with Gasteiger partial charge >= 0.3 is 0 Å². The molecule has 0 atom stereocenters. The number of para-hydroxylation sites is 2. The molecule has 5 nitrogen and oxygen atoms in total. The Balaban J connectivity index is 0.000000262. The van der Waals surface area contributed by atoms with Crippen molar-refractivity contribution < 1.29 is 24.5 Å². The summed E-state index contributed by atoms with van der Waals surface area (Å²) in [6, 6.07) is 48.3. The van der Waals surface area contributed by atoms with Crippen LogP contribution in [0, 0.1) is 23.5 Å². The fourth-order valence-corrected chi connectivity index (χ4v) is 7.71. The summed E-state index contributed by atoms with van der Waals surface area (Å²) in [4.78, 5) is 9.26. The van der Waals surface area contributed by atoms with Crippen LogP contribution in [0.15, 0.2) is 132 Å². The van der Waals surface area contributed by atoms with Crippen molar-refractivity contribution in [1.29, 1.82) is 5.26 Å². The van der Waals surface area contributed by atoms with E-state index in [-0.39, 0.29) is 36.4 Å². The molecule has 0 saturated heterocycles. The van der Waals surface area contributed by atoms with E-state index in [1.807, 2.05) is 60.9 Å². The van der Waals surface area contributed by atoms with Crippen molar-refractivity contribution >= 4 is 43.7 Å². The molecule has 0 N–H and O–H groups in total. The number of hydrogen-bond donors (Lipinski definition) is 0. The summed E-state index contributed by atoms with van der Waals surface area (Å²) < 4.78 is 9.14. The van der Waals surface area contributed by atoms with Crippen LogP contribution >= 0.6 is 0 Å². The van der Waals surface area contributed by atoms with Crippen molar-refractivity contribution in [1.82, 2.24) is 14.5 Å². The van der Waals surface area contributed by atoms with E-state index in [0.29, 0.717) is 11.1 Å². The van der Waals surface area contributed by atoms with E-state index in [4.69, 9.17) is 9.40 Å². The number of nitriles is 1. The first-order valence-corrected chi connectivity index (χ1v) is 19.9. The van der Waals surface area contributed by atoms with E-state index >= 15 is 0 Å². The molecule has 0 aliphatic heterocycles. The fourth-order valence-electron chi connectivity index (χ4n) is 7.71. The summed E-state index contributed by atoms with van der Waals surface area (Å²) in [5.74, 6) is 0. The molecule has 0 unspecified atom stereocenters. The number of fused-ring (bicyclic) bond motifs is 6. The standard InChI is InChI=1S/C38H32N3O.C15H16N.Ir/c1-37(2,3)24-19-20-40-30(21-24)27-17-18-29(38(4,5)6)33-28-16-15-23(22-39)34(36(28)42-35(27)33)41-31-13-9-7-11-25(31)26-12-8-10-14-32(26)41;1-15(2,3)13-9-10-14(16-11-13)12-7-5-4-6-8-12;/h7-16,18-21H,1-6H3;4-7,9-11H,1-3H3;/q2*-1;. The van der Waals surface area contributed by atoms with Crippen molar-refractivity contribution in [3.63, 3.8) is 0 Å². The minimum atomic E-state index is -0.161. The van der Waals surface area contributed by atoms with Gasteiger partial charge in [-0.3, -0.25) is 0 Å². The molecule has 297 valence electrons. The number of furan rings is 1. The average Bonchev–Trinajstić information content (AvgIpc) is 3.76. The molecule has 5 aromatic carbocycles. The first-order valence-electron chi connectivity index (χ1n) is 19.9. The summed E-state index contributed by atoms with van der Waals surface area (Å²) in [7, 11) is 0. The second kappa shape index (κ2) is 15.7. The normalized spacial score (nSPS) is 12.0. The predicted octanol–water partition coefficient (Wildman–Crippen LogP) is 13.9. The Labute approximate surface area is 361 Å². The van der Waals surface area contributed by atoms with Crippen LogP contribution in [-0.4, -0.2) is 14.5 Å². The van der Waals surface area contributed by atoms with Gasteiger partial charge in [0.2, 0.25) is 0 Å². The van der Waals surface area contributed by atoms with Gasteiger partial charge in [0.1, 0.15) is 17.3 Å². The SMILES string of the molecule is CC(C)(C)c1ccc(-c2[c-]cccc2)nc1.CC(C)(C)c1ccnc(-c2[c-]cc(C(C)(C)C)c3c2oc2c(-n4c5ccccc5c5ccccc54)c(C#N)ccc23)c1.[Ir]. The van der Waals surface area contributed by atoms with Gasteiger partial charge in [-0.1, -0.05) is 134 Å². The van der Waals surface area contributed by atoms with Crippen molar-refractivity contribution in [3.05, 3.63) is 162 Å². The maximum absolute atomic E-state index is 10.4. The van der Waals surface area contributed by atoms with Crippen LogP contribution in [0.1, 0.15) is 84.6 Å². The quantitative estimate of drug-likeness (QED) is 0.166. The molecule has 59 heavy (non-hydrogen) atoms. The van der Waals surface area contributed by atoms with Crippen LogP contribution in [0.2, 0.25) is 0 Å². The third kappa shape index (κ3) is 7.74. The molecular weight excluding hydrogens is 901 g/mol. The van der Waals surface area contributed by atoms with E-state index in [1.54, 1.807) is 0 Å². The second-order valence-corrected chi connectivity index (χ2v) is 18.1. The fraction of sp³-hybridized carbons (Fsp3) is 0.226. The molecule has 0 spiro atoms. The molecule has 0 bridgehead atoms. The minimum Gasteiger partial charge on any atom is -0.498 e. The van der Waals surface area contributed by atoms with Gasteiger partial charge in [0.15, 0.2) is 0 Å². The van der Waals surface area contributed by atoms with Gasteiger partial charge in [-0.25, -0.2) is 0 Å². The molecule has 0 amide bonds. The number of pyridine rings is 2. The summed E-state index contributed by atoms with van der Waals surface area (Å²) in [6.07, 6.45) is 3.82. The molecule has 6 heteroatoms. The van der Waals surface area contributed by atoms with E-state index in [1.165, 1.54) is 11.1 Å². The van der Waals surface area contributed by atoms with E-state index in [9.17, 15) is 5.26 Å². The minimum absolute atomic E-state index is 0. The number of nitrogens with zero attached hydrogens (tertiary/aromatic N) is 4. The molecule has 0 saturated carbocycles. The number of hydrogen-bond acceptors (Lipinski definition) is 4. The first-order chi connectivity index (χ1) is 27.6. The van der Waals surface area contributed by atoms with Crippen molar-refractivity contribution in [2.75, 3.05) is 0 Å².